The maximum absolute atomic E-state index is 12.9. The summed E-state index contributed by atoms with van der Waals surface area (Å²) in [6.07, 6.45) is 0.676. The van der Waals surface area contributed by atoms with Gasteiger partial charge < -0.3 is 9.26 Å². The molecule has 0 saturated carbocycles. The molecule has 1 atom stereocenters. The van der Waals surface area contributed by atoms with E-state index in [1.54, 1.807) is 6.07 Å². The molecule has 0 aliphatic carbocycles. The first-order valence-corrected chi connectivity index (χ1v) is 10.5. The summed E-state index contributed by atoms with van der Waals surface area (Å²) in [5.74, 6) is 0.540. The van der Waals surface area contributed by atoms with Gasteiger partial charge in [0.05, 0.1) is 6.61 Å². The van der Waals surface area contributed by atoms with Crippen LogP contribution in [0.25, 0.3) is 0 Å². The first-order valence-electron chi connectivity index (χ1n) is 8.86. The van der Waals surface area contributed by atoms with Crippen molar-refractivity contribution in [2.75, 3.05) is 13.1 Å². The first-order chi connectivity index (χ1) is 12.2. The van der Waals surface area contributed by atoms with Gasteiger partial charge in [-0.1, -0.05) is 50.2 Å². The van der Waals surface area contributed by atoms with Crippen LogP contribution >= 0.6 is 0 Å². The number of benzene rings is 1. The van der Waals surface area contributed by atoms with Crippen molar-refractivity contribution in [2.24, 2.45) is 0 Å². The van der Waals surface area contributed by atoms with Crippen LogP contribution in [0.4, 0.5) is 0 Å². The highest BCUT2D eigenvalue weighted by molar-refractivity contribution is 7.88. The van der Waals surface area contributed by atoms with Crippen LogP contribution in [0.2, 0.25) is 0 Å². The molecule has 4 rings (SSSR count). The van der Waals surface area contributed by atoms with Crippen LogP contribution in [0.1, 0.15) is 49.8 Å². The third kappa shape index (κ3) is 2.98. The van der Waals surface area contributed by atoms with Crippen molar-refractivity contribution in [1.29, 1.82) is 0 Å². The maximum Gasteiger partial charge on any atom is 0.220 e. The van der Waals surface area contributed by atoms with Crippen molar-refractivity contribution in [1.82, 2.24) is 9.46 Å². The minimum atomic E-state index is -3.48. The lowest BCUT2D eigenvalue weighted by molar-refractivity contribution is -0.0255. The molecular formula is C19H24N2O4S. The Labute approximate surface area is 154 Å². The van der Waals surface area contributed by atoms with Gasteiger partial charge in [-0.3, -0.25) is 0 Å². The highest BCUT2D eigenvalue weighted by atomic mass is 32.2. The molecule has 1 fully saturated rings. The molecule has 140 valence electrons. The first kappa shape index (κ1) is 17.7. The molecule has 1 aromatic heterocycles. The zero-order valence-electron chi connectivity index (χ0n) is 15.4. The van der Waals surface area contributed by atoms with Crippen LogP contribution < -0.4 is 0 Å². The Morgan fingerprint density at radius 3 is 2.77 bits per heavy atom. The van der Waals surface area contributed by atoms with E-state index in [9.17, 15) is 8.42 Å². The molecule has 2 aromatic rings. The average molecular weight is 376 g/mol. The van der Waals surface area contributed by atoms with Gasteiger partial charge in [0.25, 0.3) is 0 Å². The summed E-state index contributed by atoms with van der Waals surface area (Å²) in [6, 6.07) is 9.80. The van der Waals surface area contributed by atoms with Crippen LogP contribution in [0.5, 0.6) is 0 Å². The smallest absolute Gasteiger partial charge is 0.220 e. The van der Waals surface area contributed by atoms with E-state index in [4.69, 9.17) is 9.26 Å². The molecule has 1 unspecified atom stereocenters. The number of rotatable bonds is 3. The lowest BCUT2D eigenvalue weighted by Gasteiger charge is -2.24. The minimum absolute atomic E-state index is 0.149. The highest BCUT2D eigenvalue weighted by Gasteiger charge is 2.48. The number of nitrogens with zero attached hydrogens (tertiary/aromatic N) is 2. The molecule has 2 aliphatic heterocycles. The largest absolute Gasteiger partial charge is 0.364 e. The predicted octanol–water partition coefficient (Wildman–Crippen LogP) is 2.93. The number of sulfonamides is 1. The third-order valence-corrected chi connectivity index (χ3v) is 6.99. The maximum atomic E-state index is 12.9. The van der Waals surface area contributed by atoms with E-state index in [1.807, 2.05) is 45.0 Å². The molecule has 0 amide bonds. The van der Waals surface area contributed by atoms with Crippen LogP contribution in [-0.2, 0) is 38.1 Å². The minimum Gasteiger partial charge on any atom is -0.364 e. The average Bonchev–Trinajstić information content (AvgIpc) is 3.28. The van der Waals surface area contributed by atoms with E-state index in [2.05, 4.69) is 5.16 Å². The number of aromatic nitrogens is 1. The fourth-order valence-corrected chi connectivity index (χ4v) is 5.19. The number of hydrogen-bond acceptors (Lipinski definition) is 5. The second-order valence-electron chi connectivity index (χ2n) is 8.21. The molecular weight excluding hydrogens is 352 g/mol. The molecule has 1 aromatic carbocycles. The lowest BCUT2D eigenvalue weighted by atomic mass is 9.92. The van der Waals surface area contributed by atoms with Crippen LogP contribution in [0.15, 0.2) is 34.9 Å². The Balaban J connectivity index is 1.53. The van der Waals surface area contributed by atoms with Gasteiger partial charge in [0, 0.05) is 24.6 Å². The van der Waals surface area contributed by atoms with E-state index in [-0.39, 0.29) is 11.2 Å². The Hall–Kier alpha value is -1.70. The zero-order valence-corrected chi connectivity index (χ0v) is 16.2. The van der Waals surface area contributed by atoms with Crippen LogP contribution in [-0.4, -0.2) is 31.0 Å². The summed E-state index contributed by atoms with van der Waals surface area (Å²) in [7, 11) is -3.48. The molecule has 0 N–H and O–H groups in total. The molecule has 2 aliphatic rings. The Morgan fingerprint density at radius 2 is 2.04 bits per heavy atom. The van der Waals surface area contributed by atoms with E-state index in [0.29, 0.717) is 37.6 Å². The Bertz CT molecular complexity index is 929. The van der Waals surface area contributed by atoms with Crippen LogP contribution in [0.3, 0.4) is 0 Å². The van der Waals surface area contributed by atoms with Crippen molar-refractivity contribution >= 4 is 10.0 Å². The van der Waals surface area contributed by atoms with Crippen molar-refractivity contribution in [3.05, 3.63) is 52.9 Å². The highest BCUT2D eigenvalue weighted by Crippen LogP contribution is 2.44. The van der Waals surface area contributed by atoms with Gasteiger partial charge in [-0.2, -0.15) is 4.31 Å². The topological polar surface area (TPSA) is 72.6 Å². The van der Waals surface area contributed by atoms with Crippen molar-refractivity contribution in [3.63, 3.8) is 0 Å². The quantitative estimate of drug-likeness (QED) is 0.823. The number of fused-ring (bicyclic) bond motifs is 2. The molecule has 1 spiro atoms. The van der Waals surface area contributed by atoms with E-state index in [0.717, 1.165) is 11.1 Å². The van der Waals surface area contributed by atoms with E-state index < -0.39 is 15.6 Å². The van der Waals surface area contributed by atoms with Gasteiger partial charge in [-0.25, -0.2) is 8.42 Å². The summed E-state index contributed by atoms with van der Waals surface area (Å²) in [5, 5.41) is 3.95. The third-order valence-electron chi connectivity index (χ3n) is 5.23. The summed E-state index contributed by atoms with van der Waals surface area (Å²) in [5.41, 5.74) is 2.01. The van der Waals surface area contributed by atoms with Crippen molar-refractivity contribution < 1.29 is 17.7 Å². The number of ether oxygens (including phenoxy) is 1. The van der Waals surface area contributed by atoms with Crippen molar-refractivity contribution in [2.45, 2.75) is 50.6 Å². The lowest BCUT2D eigenvalue weighted by Crippen LogP contribution is -2.35. The molecule has 1 saturated heterocycles. The SMILES string of the molecule is CC(C)(C)c1cc(CS(=O)(=O)N2CCC3(C2)OCc2ccccc23)no1. The van der Waals surface area contributed by atoms with Gasteiger partial charge in [-0.05, 0) is 17.5 Å². The van der Waals surface area contributed by atoms with Gasteiger partial charge in [-0.15, -0.1) is 0 Å². The van der Waals surface area contributed by atoms with E-state index in [1.165, 1.54) is 4.31 Å². The van der Waals surface area contributed by atoms with Crippen molar-refractivity contribution in [3.8, 4) is 0 Å². The monoisotopic (exact) mass is 376 g/mol. The molecule has 0 bridgehead atoms. The van der Waals surface area contributed by atoms with Gasteiger partial charge in [0.15, 0.2) is 0 Å². The summed E-state index contributed by atoms with van der Waals surface area (Å²) in [6.45, 7) is 7.37. The molecule has 26 heavy (non-hydrogen) atoms. The second-order valence-corrected chi connectivity index (χ2v) is 10.2. The Morgan fingerprint density at radius 1 is 1.27 bits per heavy atom. The van der Waals surface area contributed by atoms with Gasteiger partial charge >= 0.3 is 0 Å². The fraction of sp³-hybridized carbons (Fsp3) is 0.526. The van der Waals surface area contributed by atoms with E-state index >= 15 is 0 Å². The zero-order chi connectivity index (χ0) is 18.6. The second kappa shape index (κ2) is 5.90. The summed E-state index contributed by atoms with van der Waals surface area (Å²) < 4.78 is 38.7. The summed E-state index contributed by atoms with van der Waals surface area (Å²) >= 11 is 0. The molecule has 0 radical (unpaired) electrons. The molecule has 6 nitrogen and oxygen atoms in total. The van der Waals surface area contributed by atoms with Gasteiger partial charge in [0.1, 0.15) is 22.8 Å². The molecule has 7 heteroatoms. The predicted molar refractivity (Wildman–Crippen MR) is 96.9 cm³/mol. The molecule has 3 heterocycles. The summed E-state index contributed by atoms with van der Waals surface area (Å²) in [4.78, 5) is 0. The standard InChI is InChI=1S/C19H24N2O4S/c1-18(2,3)17-10-15(20-25-17)12-26(22,23)21-9-8-19(13-21)16-7-5-4-6-14(16)11-24-19/h4-7,10H,8-9,11-13H2,1-3H3. The normalized spacial score (nSPS) is 23.7. The fourth-order valence-electron chi connectivity index (χ4n) is 3.72. The van der Waals surface area contributed by atoms with Crippen LogP contribution in [0, 0.1) is 0 Å². The van der Waals surface area contributed by atoms with Gasteiger partial charge in [0.2, 0.25) is 10.0 Å². The number of hydrogen-bond donors (Lipinski definition) is 0. The Kier molecular flexibility index (Phi) is 4.02.